The second-order valence-electron chi connectivity index (χ2n) is 8.54. The predicted molar refractivity (Wildman–Crippen MR) is 115 cm³/mol. The van der Waals surface area contributed by atoms with Crippen molar-refractivity contribution in [3.63, 3.8) is 0 Å². The van der Waals surface area contributed by atoms with Crippen LogP contribution in [0.2, 0.25) is 0 Å². The summed E-state index contributed by atoms with van der Waals surface area (Å²) in [6.45, 7) is 6.34. The molecule has 4 saturated heterocycles. The number of carbonyl (C=O) groups is 1. The van der Waals surface area contributed by atoms with E-state index in [9.17, 15) is 4.79 Å². The SMILES string of the molecule is O=C(N/N=C1\C2CN3CCN(C2)CC1(Cc1ccccc1)C3)Nc1ccccc1. The Hall–Kier alpha value is -2.70. The summed E-state index contributed by atoms with van der Waals surface area (Å²) >= 11 is 0. The number of para-hydroxylation sites is 1. The van der Waals surface area contributed by atoms with Crippen molar-refractivity contribution in [2.45, 2.75) is 6.42 Å². The van der Waals surface area contributed by atoms with Gasteiger partial charge < -0.3 is 15.1 Å². The molecule has 2 aromatic rings. The van der Waals surface area contributed by atoms with E-state index in [4.69, 9.17) is 5.10 Å². The third kappa shape index (κ3) is 3.78. The Morgan fingerprint density at radius 1 is 0.966 bits per heavy atom. The van der Waals surface area contributed by atoms with Crippen molar-refractivity contribution in [1.82, 2.24) is 15.2 Å². The molecule has 6 rings (SSSR count). The van der Waals surface area contributed by atoms with Crippen molar-refractivity contribution in [3.05, 3.63) is 66.2 Å². The molecule has 2 atom stereocenters. The highest BCUT2D eigenvalue weighted by atomic mass is 16.2. The number of anilines is 1. The van der Waals surface area contributed by atoms with Crippen LogP contribution in [0, 0.1) is 11.3 Å². The van der Waals surface area contributed by atoms with Crippen LogP contribution < -0.4 is 10.7 Å². The maximum absolute atomic E-state index is 12.4. The minimum Gasteiger partial charge on any atom is -0.307 e. The van der Waals surface area contributed by atoms with Crippen LogP contribution in [0.25, 0.3) is 0 Å². The molecule has 0 saturated carbocycles. The van der Waals surface area contributed by atoms with Crippen LogP contribution in [0.3, 0.4) is 0 Å². The first-order chi connectivity index (χ1) is 14.2. The Balaban J connectivity index is 1.40. The fourth-order valence-electron chi connectivity index (χ4n) is 5.30. The fraction of sp³-hybridized carbons (Fsp3) is 0.391. The number of benzene rings is 2. The summed E-state index contributed by atoms with van der Waals surface area (Å²) < 4.78 is 0. The minimum absolute atomic E-state index is 0.0426. The van der Waals surface area contributed by atoms with Crippen LogP contribution >= 0.6 is 0 Å². The van der Waals surface area contributed by atoms with E-state index in [1.54, 1.807) is 0 Å². The summed E-state index contributed by atoms with van der Waals surface area (Å²) in [7, 11) is 0. The number of hydrazone groups is 1. The number of piperidine rings is 2. The highest BCUT2D eigenvalue weighted by Crippen LogP contribution is 2.40. The lowest BCUT2D eigenvalue weighted by atomic mass is 9.67. The quantitative estimate of drug-likeness (QED) is 0.791. The molecule has 0 aliphatic carbocycles. The van der Waals surface area contributed by atoms with Crippen LogP contribution in [-0.4, -0.2) is 60.8 Å². The van der Waals surface area contributed by atoms with E-state index in [-0.39, 0.29) is 11.4 Å². The van der Waals surface area contributed by atoms with Gasteiger partial charge in [0, 0.05) is 56.3 Å². The van der Waals surface area contributed by atoms with Crippen molar-refractivity contribution < 1.29 is 4.79 Å². The fourth-order valence-corrected chi connectivity index (χ4v) is 5.30. The molecule has 2 N–H and O–H groups in total. The van der Waals surface area contributed by atoms with Crippen molar-refractivity contribution in [2.24, 2.45) is 16.4 Å². The molecule has 4 fully saturated rings. The van der Waals surface area contributed by atoms with E-state index in [0.29, 0.717) is 5.92 Å². The van der Waals surface area contributed by atoms with Gasteiger partial charge in [0.1, 0.15) is 0 Å². The van der Waals surface area contributed by atoms with Gasteiger partial charge in [0.15, 0.2) is 0 Å². The van der Waals surface area contributed by atoms with Crippen molar-refractivity contribution >= 4 is 17.4 Å². The number of fused-ring (bicyclic) bond motifs is 1. The summed E-state index contributed by atoms with van der Waals surface area (Å²) in [5.74, 6) is 0.376. The molecule has 2 aromatic carbocycles. The van der Waals surface area contributed by atoms with Crippen molar-refractivity contribution in [3.8, 4) is 0 Å². The number of hydrogen-bond donors (Lipinski definition) is 2. The average Bonchev–Trinajstić information content (AvgIpc) is 2.96. The van der Waals surface area contributed by atoms with Gasteiger partial charge in [0.25, 0.3) is 0 Å². The van der Waals surface area contributed by atoms with E-state index < -0.39 is 0 Å². The number of urea groups is 1. The minimum atomic E-state index is -0.286. The maximum atomic E-state index is 12.4. The zero-order valence-electron chi connectivity index (χ0n) is 16.6. The predicted octanol–water partition coefficient (Wildman–Crippen LogP) is 2.65. The lowest BCUT2D eigenvalue weighted by Crippen LogP contribution is -2.62. The molecule has 0 radical (unpaired) electrons. The highest BCUT2D eigenvalue weighted by molar-refractivity contribution is 5.97. The third-order valence-corrected chi connectivity index (χ3v) is 6.37. The first-order valence-electron chi connectivity index (χ1n) is 10.4. The van der Waals surface area contributed by atoms with Crippen LogP contribution in [0.1, 0.15) is 5.56 Å². The molecular weight excluding hydrogens is 362 g/mol. The molecule has 2 amide bonds. The summed E-state index contributed by atoms with van der Waals surface area (Å²) in [5, 5.41) is 7.59. The van der Waals surface area contributed by atoms with Gasteiger partial charge in [-0.15, -0.1) is 0 Å². The number of carbonyl (C=O) groups excluding carboxylic acids is 1. The second-order valence-corrected chi connectivity index (χ2v) is 8.54. The average molecular weight is 390 g/mol. The summed E-state index contributed by atoms with van der Waals surface area (Å²) in [6.07, 6.45) is 0.957. The Morgan fingerprint density at radius 2 is 1.59 bits per heavy atom. The molecule has 150 valence electrons. The largest absolute Gasteiger partial charge is 0.339 e. The number of amides is 2. The molecule has 0 spiro atoms. The van der Waals surface area contributed by atoms with Gasteiger partial charge in [-0.05, 0) is 24.1 Å². The monoisotopic (exact) mass is 389 g/mol. The third-order valence-electron chi connectivity index (χ3n) is 6.37. The van der Waals surface area contributed by atoms with Gasteiger partial charge in [0.05, 0.1) is 5.71 Å². The van der Waals surface area contributed by atoms with Gasteiger partial charge >= 0.3 is 6.03 Å². The van der Waals surface area contributed by atoms with Crippen molar-refractivity contribution in [2.75, 3.05) is 44.6 Å². The number of hydrogen-bond acceptors (Lipinski definition) is 4. The number of nitrogens with zero attached hydrogens (tertiary/aromatic N) is 3. The molecule has 2 unspecified atom stereocenters. The van der Waals surface area contributed by atoms with E-state index in [1.807, 2.05) is 30.3 Å². The molecular formula is C23H27N5O. The van der Waals surface area contributed by atoms with Gasteiger partial charge in [-0.1, -0.05) is 48.5 Å². The molecule has 4 bridgehead atoms. The topological polar surface area (TPSA) is 60.0 Å². The van der Waals surface area contributed by atoms with Crippen molar-refractivity contribution in [1.29, 1.82) is 0 Å². The number of nitrogens with one attached hydrogen (secondary N) is 2. The number of rotatable bonds is 4. The maximum Gasteiger partial charge on any atom is 0.339 e. The Bertz CT molecular complexity index is 882. The summed E-state index contributed by atoms with van der Waals surface area (Å²) in [6, 6.07) is 19.9. The van der Waals surface area contributed by atoms with E-state index in [1.165, 1.54) is 11.3 Å². The molecule has 4 heterocycles. The van der Waals surface area contributed by atoms with E-state index in [2.05, 4.69) is 50.9 Å². The molecule has 0 aromatic heterocycles. The van der Waals surface area contributed by atoms with Gasteiger partial charge in [-0.2, -0.15) is 5.10 Å². The summed E-state index contributed by atoms with van der Waals surface area (Å²) in [5.41, 5.74) is 6.01. The second kappa shape index (κ2) is 7.61. The first-order valence-corrected chi connectivity index (χ1v) is 10.4. The zero-order chi connectivity index (χ0) is 19.7. The van der Waals surface area contributed by atoms with E-state index >= 15 is 0 Å². The molecule has 6 heteroatoms. The molecule has 29 heavy (non-hydrogen) atoms. The Labute approximate surface area is 171 Å². The Morgan fingerprint density at radius 3 is 2.24 bits per heavy atom. The Kier molecular flexibility index (Phi) is 4.81. The lowest BCUT2D eigenvalue weighted by molar-refractivity contribution is 0.117. The van der Waals surface area contributed by atoms with Crippen LogP contribution in [0.4, 0.5) is 10.5 Å². The highest BCUT2D eigenvalue weighted by Gasteiger charge is 2.52. The van der Waals surface area contributed by atoms with Gasteiger partial charge in [-0.3, -0.25) is 0 Å². The zero-order valence-corrected chi connectivity index (χ0v) is 16.6. The standard InChI is InChI=1S/C23H27N5O/c29-22(24-20-9-5-2-6-10-20)26-25-21-19-14-27-11-12-28(15-19)17-23(21,16-27)13-18-7-3-1-4-8-18/h1-10,19H,11-17H2,(H2,24,26,29)/b25-21+. The smallest absolute Gasteiger partial charge is 0.307 e. The van der Waals surface area contributed by atoms with Crippen LogP contribution in [0.15, 0.2) is 65.8 Å². The molecule has 4 aliphatic rings. The molecule has 4 aliphatic heterocycles. The van der Waals surface area contributed by atoms with Crippen LogP contribution in [-0.2, 0) is 6.42 Å². The van der Waals surface area contributed by atoms with Gasteiger partial charge in [-0.25, -0.2) is 10.2 Å². The molecule has 6 nitrogen and oxygen atoms in total. The van der Waals surface area contributed by atoms with Crippen LogP contribution in [0.5, 0.6) is 0 Å². The van der Waals surface area contributed by atoms with E-state index in [0.717, 1.165) is 51.4 Å². The summed E-state index contributed by atoms with van der Waals surface area (Å²) in [4.78, 5) is 17.6. The van der Waals surface area contributed by atoms with Gasteiger partial charge in [0.2, 0.25) is 0 Å². The lowest BCUT2D eigenvalue weighted by Gasteiger charge is -2.50. The first kappa shape index (κ1) is 18.3. The normalized spacial score (nSPS) is 31.4.